The Labute approximate surface area is 433 Å². The van der Waals surface area contributed by atoms with Gasteiger partial charge < -0.3 is 4.42 Å². The third-order valence-electron chi connectivity index (χ3n) is 15.4. The molecule has 11 aromatic rings. The van der Waals surface area contributed by atoms with Crippen molar-refractivity contribution in [3.8, 4) is 55.6 Å². The average molecular weight is 950 g/mol. The Bertz CT molecular complexity index is 4150. The number of benzene rings is 10. The van der Waals surface area contributed by atoms with Crippen LogP contribution in [0.5, 0.6) is 0 Å². The largest absolute Gasteiger partial charge is 0.460 e. The van der Waals surface area contributed by atoms with Gasteiger partial charge in [-0.3, -0.25) is 4.99 Å². The van der Waals surface area contributed by atoms with Crippen molar-refractivity contribution in [1.82, 2.24) is 0 Å². The predicted octanol–water partition coefficient (Wildman–Crippen LogP) is 19.9. The van der Waals surface area contributed by atoms with Crippen LogP contribution in [0.15, 0.2) is 228 Å². The number of furan rings is 1. The monoisotopic (exact) mass is 949 g/mol. The highest BCUT2D eigenvalue weighted by molar-refractivity contribution is 6.18. The highest BCUT2D eigenvalue weighted by atomic mass is 16.3. The van der Waals surface area contributed by atoms with Gasteiger partial charge in [-0.05, 0) is 142 Å². The first-order valence-corrected chi connectivity index (χ1v) is 26.2. The molecule has 1 aromatic heterocycles. The van der Waals surface area contributed by atoms with Crippen LogP contribution in [-0.2, 0) is 19.3 Å². The lowest BCUT2D eigenvalue weighted by atomic mass is 9.87. The number of allylic oxidation sites excluding steroid dienone is 5. The Balaban J connectivity index is 0.840. The van der Waals surface area contributed by atoms with Crippen molar-refractivity contribution < 1.29 is 4.42 Å². The molecule has 0 N–H and O–H groups in total. The molecule has 0 bridgehead atoms. The second-order valence-electron chi connectivity index (χ2n) is 20.2. The van der Waals surface area contributed by atoms with Gasteiger partial charge in [0.25, 0.3) is 0 Å². The molecule has 0 saturated carbocycles. The molecule has 1 unspecified atom stereocenters. The maximum absolute atomic E-state index is 6.51. The van der Waals surface area contributed by atoms with Gasteiger partial charge in [0.05, 0.1) is 5.69 Å². The van der Waals surface area contributed by atoms with Crippen molar-refractivity contribution in [3.63, 3.8) is 0 Å². The van der Waals surface area contributed by atoms with Crippen molar-refractivity contribution in [2.45, 2.75) is 39.5 Å². The lowest BCUT2D eigenvalue weighted by molar-refractivity contribution is 0.514. The van der Waals surface area contributed by atoms with E-state index in [1.165, 1.54) is 88.0 Å². The zero-order valence-corrected chi connectivity index (χ0v) is 41.9. The molecule has 0 fully saturated rings. The molecule has 0 amide bonds. The summed E-state index contributed by atoms with van der Waals surface area (Å²) in [5, 5.41) is 8.52. The van der Waals surface area contributed by atoms with Gasteiger partial charge >= 0.3 is 0 Å². The number of hydrogen-bond acceptors (Lipinski definition) is 2. The normalized spacial score (nSPS) is 14.1. The topological polar surface area (TPSA) is 25.5 Å². The van der Waals surface area contributed by atoms with E-state index in [0.717, 1.165) is 81.5 Å². The standard InChI is InChI=1S/C72H55NO/c1-4-14-66-68-43-56(60-23-11-17-51-15-6-5-7-21-58(51)60)36-39-63(68)64-40-37-57(61-24-12-18-52-16-8-9-22-59(52)61)44-69(64)71(66)73-45-47(3)54-19-10-20-55(42-54)50-30-28-48(29-31-50)49-32-34-53(35-33-49)62-25-13-26-67-65-38-27-46(2)41-70(65)74-72(62)67/h5-13,15-20,22-40,42-46H,3-4,14,21,41H2,1-2H3/b73-45-. The Morgan fingerprint density at radius 2 is 1.22 bits per heavy atom. The van der Waals surface area contributed by atoms with Gasteiger partial charge in [-0.1, -0.05) is 233 Å². The number of para-hydroxylation sites is 1. The second-order valence-corrected chi connectivity index (χ2v) is 20.2. The number of aryl methyl sites for hydroxylation is 1. The van der Waals surface area contributed by atoms with Crippen molar-refractivity contribution in [2.75, 3.05) is 0 Å². The van der Waals surface area contributed by atoms with Crippen LogP contribution < -0.4 is 0 Å². The fourth-order valence-corrected chi connectivity index (χ4v) is 11.6. The first kappa shape index (κ1) is 45.0. The Hall–Kier alpha value is -8.85. The lowest BCUT2D eigenvalue weighted by Crippen LogP contribution is -2.00. The van der Waals surface area contributed by atoms with E-state index in [2.05, 4.69) is 245 Å². The third-order valence-corrected chi connectivity index (χ3v) is 15.4. The van der Waals surface area contributed by atoms with Gasteiger partial charge in [-0.2, -0.15) is 0 Å². The van der Waals surface area contributed by atoms with Gasteiger partial charge in [0, 0.05) is 34.5 Å². The Morgan fingerprint density at radius 1 is 0.568 bits per heavy atom. The summed E-state index contributed by atoms with van der Waals surface area (Å²) in [6, 6.07) is 69.0. The first-order valence-electron chi connectivity index (χ1n) is 26.2. The van der Waals surface area contributed by atoms with Crippen LogP contribution >= 0.6 is 0 Å². The maximum Gasteiger partial charge on any atom is 0.142 e. The minimum absolute atomic E-state index is 0.488. The molecule has 2 nitrogen and oxygen atoms in total. The molecule has 10 aromatic carbocycles. The van der Waals surface area contributed by atoms with Crippen molar-refractivity contribution in [3.05, 3.63) is 253 Å². The van der Waals surface area contributed by atoms with Crippen LogP contribution in [0.2, 0.25) is 0 Å². The number of rotatable bonds is 10. The fourth-order valence-electron chi connectivity index (χ4n) is 11.6. The van der Waals surface area contributed by atoms with Gasteiger partial charge in [0.15, 0.2) is 0 Å². The highest BCUT2D eigenvalue weighted by Crippen LogP contribution is 2.44. The first-order chi connectivity index (χ1) is 36.5. The Kier molecular flexibility index (Phi) is 11.5. The van der Waals surface area contributed by atoms with Gasteiger partial charge in [0.1, 0.15) is 11.3 Å². The van der Waals surface area contributed by atoms with E-state index in [4.69, 9.17) is 9.41 Å². The number of aliphatic imine (C=N–C) groups is 1. The average Bonchev–Trinajstić information content (AvgIpc) is 3.64. The molecule has 2 aliphatic carbocycles. The van der Waals surface area contributed by atoms with Crippen LogP contribution in [0, 0.1) is 5.92 Å². The number of nitrogens with zero attached hydrogens (tertiary/aromatic N) is 1. The van der Waals surface area contributed by atoms with Gasteiger partial charge in [0.2, 0.25) is 0 Å². The van der Waals surface area contributed by atoms with E-state index in [9.17, 15) is 0 Å². The zero-order valence-electron chi connectivity index (χ0n) is 41.9. The summed E-state index contributed by atoms with van der Waals surface area (Å²) in [5.74, 6) is 1.58. The minimum Gasteiger partial charge on any atom is -0.460 e. The maximum atomic E-state index is 6.51. The highest BCUT2D eigenvalue weighted by Gasteiger charge is 2.21. The summed E-state index contributed by atoms with van der Waals surface area (Å²) in [4.78, 5) is 5.52. The van der Waals surface area contributed by atoms with E-state index in [1.807, 2.05) is 6.21 Å². The molecular formula is C72H55NO. The molecule has 0 spiro atoms. The fraction of sp³-hybridized carbons (Fsp3) is 0.0972. The lowest BCUT2D eigenvalue weighted by Gasteiger charge is -2.18. The van der Waals surface area contributed by atoms with Crippen LogP contribution in [-0.4, -0.2) is 6.21 Å². The van der Waals surface area contributed by atoms with Gasteiger partial charge in [-0.25, -0.2) is 0 Å². The van der Waals surface area contributed by atoms with Crippen LogP contribution in [0.3, 0.4) is 0 Å². The molecule has 13 rings (SSSR count). The van der Waals surface area contributed by atoms with E-state index in [1.54, 1.807) is 0 Å². The summed E-state index contributed by atoms with van der Waals surface area (Å²) >= 11 is 0. The van der Waals surface area contributed by atoms with E-state index >= 15 is 0 Å². The van der Waals surface area contributed by atoms with Crippen molar-refractivity contribution >= 4 is 72.9 Å². The van der Waals surface area contributed by atoms with Crippen molar-refractivity contribution in [2.24, 2.45) is 10.9 Å². The zero-order chi connectivity index (χ0) is 49.7. The summed E-state index contributed by atoms with van der Waals surface area (Å²) < 4.78 is 6.51. The minimum atomic E-state index is 0.488. The van der Waals surface area contributed by atoms with Crippen LogP contribution in [0.1, 0.15) is 53.8 Å². The second kappa shape index (κ2) is 19.0. The quantitative estimate of drug-likeness (QED) is 0.0991. The SMILES string of the molecule is C=C(/C=N\c1c(CCC)c2cc(-c3cccc4c3CC=CC=C4)ccc2c2ccc(-c3cccc4ccccc34)cc12)c1cccc(-c2ccc(-c3ccc(-c4cccc5c6c(oc45)CC(C)C=C6)cc3)cc2)c1. The molecule has 2 aliphatic rings. The summed E-state index contributed by atoms with van der Waals surface area (Å²) in [5.41, 5.74) is 20.8. The van der Waals surface area contributed by atoms with E-state index < -0.39 is 0 Å². The van der Waals surface area contributed by atoms with Crippen LogP contribution in [0.25, 0.3) is 117 Å². The van der Waals surface area contributed by atoms with E-state index in [0.29, 0.717) is 5.92 Å². The number of fused-ring (bicyclic) bond motifs is 8. The molecule has 2 heteroatoms. The van der Waals surface area contributed by atoms with Crippen LogP contribution in [0.4, 0.5) is 5.69 Å². The summed E-state index contributed by atoms with van der Waals surface area (Å²) in [6.45, 7) is 9.16. The molecule has 0 radical (unpaired) electrons. The van der Waals surface area contributed by atoms with E-state index in [-0.39, 0.29) is 0 Å². The molecular weight excluding hydrogens is 895 g/mol. The summed E-state index contributed by atoms with van der Waals surface area (Å²) in [6.07, 6.45) is 19.0. The third kappa shape index (κ3) is 8.14. The molecule has 0 aliphatic heterocycles. The molecule has 1 heterocycles. The van der Waals surface area contributed by atoms with Crippen molar-refractivity contribution in [1.29, 1.82) is 0 Å². The Morgan fingerprint density at radius 3 is 2.04 bits per heavy atom. The summed E-state index contributed by atoms with van der Waals surface area (Å²) in [7, 11) is 0. The molecule has 0 saturated heterocycles. The number of hydrogen-bond donors (Lipinski definition) is 0. The predicted molar refractivity (Wildman–Crippen MR) is 317 cm³/mol. The smallest absolute Gasteiger partial charge is 0.142 e. The van der Waals surface area contributed by atoms with Gasteiger partial charge in [-0.15, -0.1) is 0 Å². The molecule has 354 valence electrons. The molecule has 74 heavy (non-hydrogen) atoms. The molecule has 1 atom stereocenters.